The second-order valence-corrected chi connectivity index (χ2v) is 8.38. The molecule has 0 bridgehead atoms. The Balaban J connectivity index is 1.52. The van der Waals surface area contributed by atoms with Crippen LogP contribution in [0.5, 0.6) is 5.75 Å². The molecule has 4 rings (SSSR count). The molecule has 1 fully saturated rings. The van der Waals surface area contributed by atoms with Gasteiger partial charge in [0.25, 0.3) is 11.5 Å². The topological polar surface area (TPSA) is 118 Å². The van der Waals surface area contributed by atoms with Crippen LogP contribution in [0.3, 0.4) is 0 Å². The van der Waals surface area contributed by atoms with Gasteiger partial charge < -0.3 is 15.4 Å². The number of amides is 2. The van der Waals surface area contributed by atoms with E-state index in [9.17, 15) is 14.4 Å². The normalized spacial score (nSPS) is 18.0. The fourth-order valence-corrected chi connectivity index (χ4v) is 4.35. The molecular formula is C25H26N4O4. The number of hydrogen-bond acceptors (Lipinski definition) is 5. The van der Waals surface area contributed by atoms with Crippen LogP contribution in [0.25, 0.3) is 11.1 Å². The Morgan fingerprint density at radius 3 is 2.30 bits per heavy atom. The minimum atomic E-state index is -0.863. The van der Waals surface area contributed by atoms with Crippen LogP contribution >= 0.6 is 0 Å². The van der Waals surface area contributed by atoms with Gasteiger partial charge >= 0.3 is 0 Å². The summed E-state index contributed by atoms with van der Waals surface area (Å²) in [6.45, 7) is 0.716. The lowest BCUT2D eigenvalue weighted by atomic mass is 9.74. The molecule has 1 atom stereocenters. The van der Waals surface area contributed by atoms with Gasteiger partial charge in [-0.15, -0.1) is 0 Å². The molecule has 170 valence electrons. The average Bonchev–Trinajstić information content (AvgIpc) is 2.85. The fourth-order valence-electron chi connectivity index (χ4n) is 4.35. The van der Waals surface area contributed by atoms with Crippen LogP contribution in [0, 0.1) is 5.41 Å². The monoisotopic (exact) mass is 446 g/mol. The molecule has 1 saturated heterocycles. The number of carbonyl (C=O) groups is 2. The summed E-state index contributed by atoms with van der Waals surface area (Å²) in [5.74, 6) is 0.0484. The van der Waals surface area contributed by atoms with Gasteiger partial charge in [-0.05, 0) is 54.2 Å². The molecule has 0 radical (unpaired) electrons. The number of piperidine rings is 1. The molecule has 0 saturated carbocycles. The molecule has 0 unspecified atom stereocenters. The summed E-state index contributed by atoms with van der Waals surface area (Å²) in [5, 5.41) is 6.10. The van der Waals surface area contributed by atoms with Gasteiger partial charge in [-0.1, -0.05) is 36.4 Å². The number of nitrogens with zero attached hydrogens (tertiary/aromatic N) is 2. The molecule has 1 aliphatic heterocycles. The van der Waals surface area contributed by atoms with Gasteiger partial charge in [0, 0.05) is 19.2 Å². The Hall–Kier alpha value is -3.94. The molecule has 8 heteroatoms. The highest BCUT2D eigenvalue weighted by Gasteiger charge is 2.42. The van der Waals surface area contributed by atoms with Crippen molar-refractivity contribution >= 4 is 11.8 Å². The van der Waals surface area contributed by atoms with Crippen molar-refractivity contribution < 1.29 is 14.3 Å². The van der Waals surface area contributed by atoms with Crippen molar-refractivity contribution in [1.82, 2.24) is 15.1 Å². The molecule has 1 aromatic heterocycles. The second-order valence-electron chi connectivity index (χ2n) is 8.38. The molecule has 0 aliphatic carbocycles. The number of likely N-dealkylation sites (tertiary alicyclic amines) is 1. The van der Waals surface area contributed by atoms with Crippen LogP contribution < -0.4 is 16.0 Å². The van der Waals surface area contributed by atoms with Crippen molar-refractivity contribution in [3.05, 3.63) is 82.3 Å². The third-order valence-electron chi connectivity index (χ3n) is 6.20. The molecule has 2 heterocycles. The lowest BCUT2D eigenvalue weighted by Gasteiger charge is -2.40. The summed E-state index contributed by atoms with van der Waals surface area (Å²) in [7, 11) is 1.63. The number of aromatic nitrogens is 2. The van der Waals surface area contributed by atoms with Crippen molar-refractivity contribution in [2.75, 3.05) is 20.2 Å². The Morgan fingerprint density at radius 1 is 1.06 bits per heavy atom. The zero-order valence-corrected chi connectivity index (χ0v) is 18.4. The third-order valence-corrected chi connectivity index (χ3v) is 6.20. The van der Waals surface area contributed by atoms with E-state index in [1.165, 1.54) is 12.1 Å². The van der Waals surface area contributed by atoms with Gasteiger partial charge in [-0.2, -0.15) is 5.10 Å². The quantitative estimate of drug-likeness (QED) is 0.603. The van der Waals surface area contributed by atoms with Gasteiger partial charge in [0.1, 0.15) is 11.4 Å². The summed E-state index contributed by atoms with van der Waals surface area (Å²) in [6, 6.07) is 18.5. The highest BCUT2D eigenvalue weighted by Crippen LogP contribution is 2.35. The molecule has 8 nitrogen and oxygen atoms in total. The minimum Gasteiger partial charge on any atom is -0.497 e. The van der Waals surface area contributed by atoms with E-state index >= 15 is 0 Å². The number of H-pyrrole nitrogens is 1. The van der Waals surface area contributed by atoms with E-state index in [0.717, 1.165) is 22.4 Å². The first-order valence-corrected chi connectivity index (χ1v) is 10.8. The first-order chi connectivity index (χ1) is 15.9. The number of carbonyl (C=O) groups excluding carboxylic acids is 2. The smallest absolute Gasteiger partial charge is 0.274 e. The Bertz CT molecular complexity index is 1180. The first-order valence-electron chi connectivity index (χ1n) is 10.8. The number of benzene rings is 2. The molecular weight excluding hydrogens is 420 g/mol. The van der Waals surface area contributed by atoms with Crippen LogP contribution in [0.1, 0.15) is 28.9 Å². The van der Waals surface area contributed by atoms with Crippen LogP contribution in [0.4, 0.5) is 0 Å². The fraction of sp³-hybridized carbons (Fsp3) is 0.280. The Labute approximate surface area is 191 Å². The zero-order valence-electron chi connectivity index (χ0n) is 18.4. The van der Waals surface area contributed by atoms with Crippen LogP contribution in [0.2, 0.25) is 0 Å². The van der Waals surface area contributed by atoms with Crippen molar-refractivity contribution in [2.24, 2.45) is 11.1 Å². The number of hydrogen-bond donors (Lipinski definition) is 2. The molecule has 3 aromatic rings. The van der Waals surface area contributed by atoms with Crippen LogP contribution in [-0.4, -0.2) is 47.1 Å². The number of ether oxygens (including phenoxy) is 1. The summed E-state index contributed by atoms with van der Waals surface area (Å²) in [5.41, 5.74) is 7.86. The second kappa shape index (κ2) is 9.28. The largest absolute Gasteiger partial charge is 0.497 e. The number of nitrogens with two attached hydrogens (primary N) is 1. The van der Waals surface area contributed by atoms with E-state index in [2.05, 4.69) is 10.2 Å². The van der Waals surface area contributed by atoms with Crippen molar-refractivity contribution in [2.45, 2.75) is 19.3 Å². The number of aromatic amines is 1. The zero-order chi connectivity index (χ0) is 23.4. The van der Waals surface area contributed by atoms with Crippen LogP contribution in [0.15, 0.2) is 65.5 Å². The number of primary amides is 1. The Morgan fingerprint density at radius 2 is 1.73 bits per heavy atom. The van der Waals surface area contributed by atoms with E-state index in [4.69, 9.17) is 10.5 Å². The maximum atomic E-state index is 12.9. The van der Waals surface area contributed by atoms with E-state index in [-0.39, 0.29) is 23.7 Å². The lowest BCUT2D eigenvalue weighted by molar-refractivity contribution is -0.130. The van der Waals surface area contributed by atoms with Gasteiger partial charge in [-0.3, -0.25) is 14.4 Å². The first kappa shape index (κ1) is 22.3. The van der Waals surface area contributed by atoms with Crippen molar-refractivity contribution in [1.29, 1.82) is 0 Å². The predicted molar refractivity (Wildman–Crippen MR) is 124 cm³/mol. The summed E-state index contributed by atoms with van der Waals surface area (Å²) in [4.78, 5) is 38.3. The lowest BCUT2D eigenvalue weighted by Crippen LogP contribution is -2.53. The summed E-state index contributed by atoms with van der Waals surface area (Å²) >= 11 is 0. The molecule has 1 aliphatic rings. The van der Waals surface area contributed by atoms with Crippen LogP contribution in [-0.2, 0) is 11.2 Å². The predicted octanol–water partition coefficient (Wildman–Crippen LogP) is 2.40. The van der Waals surface area contributed by atoms with Crippen molar-refractivity contribution in [3.8, 4) is 16.9 Å². The minimum absolute atomic E-state index is 0.138. The summed E-state index contributed by atoms with van der Waals surface area (Å²) < 4.78 is 5.21. The molecule has 2 amide bonds. The number of rotatable bonds is 6. The SMILES string of the molecule is COc1ccc(-c2ccc(C[C@@]3(C(N)=O)CCCN(C(=O)c4ccc(=O)[nH]n4)C3)cc2)cc1. The summed E-state index contributed by atoms with van der Waals surface area (Å²) in [6.07, 6.45) is 1.70. The van der Waals surface area contributed by atoms with E-state index < -0.39 is 11.3 Å². The Kier molecular flexibility index (Phi) is 6.26. The molecule has 0 spiro atoms. The standard InChI is InChI=1S/C25H26N4O4/c1-33-20-9-7-19(8-10-20)18-5-3-17(4-6-18)15-25(24(26)32)13-2-14-29(16-25)23(31)21-11-12-22(30)28-27-21/h3-12H,2,13-16H2,1H3,(H2,26,32)(H,28,30)/t25-/m0/s1. The molecule has 3 N–H and O–H groups in total. The highest BCUT2D eigenvalue weighted by atomic mass is 16.5. The molecule has 2 aromatic carbocycles. The maximum Gasteiger partial charge on any atom is 0.274 e. The van der Waals surface area contributed by atoms with Gasteiger partial charge in [-0.25, -0.2) is 5.10 Å². The van der Waals surface area contributed by atoms with Gasteiger partial charge in [0.05, 0.1) is 12.5 Å². The third kappa shape index (κ3) is 4.79. The van der Waals surface area contributed by atoms with Crippen molar-refractivity contribution in [3.63, 3.8) is 0 Å². The van der Waals surface area contributed by atoms with Gasteiger partial charge in [0.2, 0.25) is 5.91 Å². The van der Waals surface area contributed by atoms with Gasteiger partial charge in [0.15, 0.2) is 0 Å². The highest BCUT2D eigenvalue weighted by molar-refractivity contribution is 5.93. The number of nitrogens with one attached hydrogen (secondary N) is 1. The number of methoxy groups -OCH3 is 1. The van der Waals surface area contributed by atoms with E-state index in [1.807, 2.05) is 48.5 Å². The van der Waals surface area contributed by atoms with E-state index in [1.54, 1.807) is 12.0 Å². The maximum absolute atomic E-state index is 12.9. The van der Waals surface area contributed by atoms with E-state index in [0.29, 0.717) is 25.8 Å². The average molecular weight is 447 g/mol. The molecule has 33 heavy (non-hydrogen) atoms.